The fourth-order valence-corrected chi connectivity index (χ4v) is 0.986. The minimum atomic E-state index is -0.376. The van der Waals surface area contributed by atoms with E-state index in [2.05, 4.69) is 0 Å². The first-order chi connectivity index (χ1) is 6.13. The van der Waals surface area contributed by atoms with Crippen LogP contribution in [0.4, 0.5) is 4.39 Å². The van der Waals surface area contributed by atoms with Crippen molar-refractivity contribution in [3.8, 4) is 11.5 Å². The summed E-state index contributed by atoms with van der Waals surface area (Å²) >= 11 is 0. The molecule has 13 heavy (non-hydrogen) atoms. The van der Waals surface area contributed by atoms with Gasteiger partial charge in [-0.15, -0.1) is 0 Å². The van der Waals surface area contributed by atoms with Crippen LogP contribution in [0.25, 0.3) is 0 Å². The number of methoxy groups -OCH3 is 1. The third kappa shape index (κ3) is 2.61. The van der Waals surface area contributed by atoms with Crippen LogP contribution in [0.1, 0.15) is 13.8 Å². The largest absolute Gasteiger partial charge is 0.494 e. The van der Waals surface area contributed by atoms with Crippen LogP contribution in [0.2, 0.25) is 0 Å². The maximum absolute atomic E-state index is 12.9. The highest BCUT2D eigenvalue weighted by atomic mass is 19.1. The van der Waals surface area contributed by atoms with E-state index in [1.165, 1.54) is 19.2 Å². The Morgan fingerprint density at radius 1 is 1.31 bits per heavy atom. The molecule has 0 atom stereocenters. The molecule has 0 N–H and O–H groups in total. The first-order valence-electron chi connectivity index (χ1n) is 4.13. The van der Waals surface area contributed by atoms with Crippen LogP contribution in [-0.4, -0.2) is 13.2 Å². The Morgan fingerprint density at radius 2 is 2.00 bits per heavy atom. The van der Waals surface area contributed by atoms with E-state index in [1.54, 1.807) is 6.07 Å². The zero-order chi connectivity index (χ0) is 9.84. The molecule has 1 aromatic carbocycles. The Morgan fingerprint density at radius 3 is 2.54 bits per heavy atom. The van der Waals surface area contributed by atoms with Crippen molar-refractivity contribution in [2.45, 2.75) is 20.0 Å². The van der Waals surface area contributed by atoms with Crippen LogP contribution in [0.5, 0.6) is 11.5 Å². The molecule has 0 fully saturated rings. The molecule has 0 spiro atoms. The number of hydrogen-bond donors (Lipinski definition) is 0. The zero-order valence-corrected chi connectivity index (χ0v) is 8.00. The Balaban J connectivity index is 2.86. The summed E-state index contributed by atoms with van der Waals surface area (Å²) in [7, 11) is 1.43. The molecular weight excluding hydrogens is 171 g/mol. The molecule has 0 aliphatic rings. The molecule has 3 heteroatoms. The maximum Gasteiger partial charge on any atom is 0.165 e. The normalized spacial score (nSPS) is 10.2. The van der Waals surface area contributed by atoms with Gasteiger partial charge < -0.3 is 9.47 Å². The predicted molar refractivity (Wildman–Crippen MR) is 48.7 cm³/mol. The van der Waals surface area contributed by atoms with E-state index in [9.17, 15) is 4.39 Å². The Bertz CT molecular complexity index is 284. The molecule has 2 nitrogen and oxygen atoms in total. The van der Waals surface area contributed by atoms with E-state index in [1.807, 2.05) is 13.8 Å². The summed E-state index contributed by atoms with van der Waals surface area (Å²) in [5.41, 5.74) is 0. The monoisotopic (exact) mass is 184 g/mol. The SMILES string of the molecule is COc1cc(OC(C)C)ccc1F. The minimum absolute atomic E-state index is 0.0789. The molecule has 0 saturated carbocycles. The molecule has 0 aromatic heterocycles. The maximum atomic E-state index is 12.9. The van der Waals surface area contributed by atoms with Gasteiger partial charge in [0.15, 0.2) is 11.6 Å². The molecule has 0 saturated heterocycles. The predicted octanol–water partition coefficient (Wildman–Crippen LogP) is 2.62. The van der Waals surface area contributed by atoms with Crippen molar-refractivity contribution >= 4 is 0 Å². The van der Waals surface area contributed by atoms with Gasteiger partial charge in [0, 0.05) is 6.07 Å². The lowest BCUT2D eigenvalue weighted by molar-refractivity contribution is 0.240. The van der Waals surface area contributed by atoms with Crippen molar-refractivity contribution in [2.75, 3.05) is 7.11 Å². The van der Waals surface area contributed by atoms with E-state index in [-0.39, 0.29) is 17.7 Å². The van der Waals surface area contributed by atoms with Crippen molar-refractivity contribution in [2.24, 2.45) is 0 Å². The lowest BCUT2D eigenvalue weighted by atomic mass is 10.3. The average Bonchev–Trinajstić information content (AvgIpc) is 2.07. The third-order valence-electron chi connectivity index (χ3n) is 1.49. The minimum Gasteiger partial charge on any atom is -0.494 e. The van der Waals surface area contributed by atoms with Gasteiger partial charge in [-0.25, -0.2) is 4.39 Å². The highest BCUT2D eigenvalue weighted by Gasteiger charge is 2.04. The first kappa shape index (κ1) is 9.84. The standard InChI is InChI=1S/C10H13FO2/c1-7(2)13-8-4-5-9(11)10(6-8)12-3/h4-7H,1-3H3. The van der Waals surface area contributed by atoms with Crippen molar-refractivity contribution in [1.82, 2.24) is 0 Å². The van der Waals surface area contributed by atoms with Gasteiger partial charge in [-0.05, 0) is 26.0 Å². The van der Waals surface area contributed by atoms with Crippen LogP contribution in [0.3, 0.4) is 0 Å². The quantitative estimate of drug-likeness (QED) is 0.718. The molecule has 0 aliphatic heterocycles. The Kier molecular flexibility index (Phi) is 3.12. The van der Waals surface area contributed by atoms with E-state index in [4.69, 9.17) is 9.47 Å². The fraction of sp³-hybridized carbons (Fsp3) is 0.400. The summed E-state index contributed by atoms with van der Waals surface area (Å²) in [6, 6.07) is 4.45. The average molecular weight is 184 g/mol. The highest BCUT2D eigenvalue weighted by Crippen LogP contribution is 2.23. The van der Waals surface area contributed by atoms with Gasteiger partial charge >= 0.3 is 0 Å². The number of hydrogen-bond acceptors (Lipinski definition) is 2. The van der Waals surface area contributed by atoms with Crippen molar-refractivity contribution in [3.05, 3.63) is 24.0 Å². The van der Waals surface area contributed by atoms with Gasteiger partial charge in [0.2, 0.25) is 0 Å². The number of rotatable bonds is 3. The number of ether oxygens (including phenoxy) is 2. The smallest absolute Gasteiger partial charge is 0.165 e. The molecule has 0 bridgehead atoms. The van der Waals surface area contributed by atoms with Gasteiger partial charge in [0.1, 0.15) is 5.75 Å². The Labute approximate surface area is 77.3 Å². The highest BCUT2D eigenvalue weighted by molar-refractivity contribution is 5.34. The molecule has 0 heterocycles. The number of halogens is 1. The van der Waals surface area contributed by atoms with Gasteiger partial charge in [-0.3, -0.25) is 0 Å². The second-order valence-corrected chi connectivity index (χ2v) is 2.96. The van der Waals surface area contributed by atoms with Crippen molar-refractivity contribution in [1.29, 1.82) is 0 Å². The van der Waals surface area contributed by atoms with E-state index in [0.29, 0.717) is 5.75 Å². The van der Waals surface area contributed by atoms with Crippen molar-refractivity contribution in [3.63, 3.8) is 0 Å². The van der Waals surface area contributed by atoms with Crippen LogP contribution in [-0.2, 0) is 0 Å². The van der Waals surface area contributed by atoms with Crippen LogP contribution >= 0.6 is 0 Å². The molecule has 0 aliphatic carbocycles. The summed E-state index contributed by atoms with van der Waals surface area (Å²) in [6.07, 6.45) is 0.0789. The molecule has 72 valence electrons. The van der Waals surface area contributed by atoms with E-state index >= 15 is 0 Å². The lowest BCUT2D eigenvalue weighted by Crippen LogP contribution is -2.05. The molecular formula is C10H13FO2. The second kappa shape index (κ2) is 4.12. The Hall–Kier alpha value is -1.25. The molecule has 0 radical (unpaired) electrons. The zero-order valence-electron chi connectivity index (χ0n) is 8.00. The van der Waals surface area contributed by atoms with E-state index in [0.717, 1.165) is 0 Å². The lowest BCUT2D eigenvalue weighted by Gasteiger charge is -2.10. The number of benzene rings is 1. The van der Waals surface area contributed by atoms with Gasteiger partial charge in [0.05, 0.1) is 13.2 Å². The van der Waals surface area contributed by atoms with E-state index < -0.39 is 0 Å². The topological polar surface area (TPSA) is 18.5 Å². The molecule has 1 rings (SSSR count). The molecule has 1 aromatic rings. The summed E-state index contributed by atoms with van der Waals surface area (Å²) in [5, 5.41) is 0. The van der Waals surface area contributed by atoms with Gasteiger partial charge in [0.25, 0.3) is 0 Å². The summed E-state index contributed by atoms with van der Waals surface area (Å²) in [6.45, 7) is 3.83. The van der Waals surface area contributed by atoms with Crippen LogP contribution < -0.4 is 9.47 Å². The van der Waals surface area contributed by atoms with Gasteiger partial charge in [-0.1, -0.05) is 0 Å². The molecule has 0 unspecified atom stereocenters. The summed E-state index contributed by atoms with van der Waals surface area (Å²) < 4.78 is 23.1. The second-order valence-electron chi connectivity index (χ2n) is 2.96. The van der Waals surface area contributed by atoms with Gasteiger partial charge in [-0.2, -0.15) is 0 Å². The van der Waals surface area contributed by atoms with Crippen molar-refractivity contribution < 1.29 is 13.9 Å². The third-order valence-corrected chi connectivity index (χ3v) is 1.49. The fourth-order valence-electron chi connectivity index (χ4n) is 0.986. The van der Waals surface area contributed by atoms with Crippen LogP contribution in [0.15, 0.2) is 18.2 Å². The molecule has 0 amide bonds. The first-order valence-corrected chi connectivity index (χ1v) is 4.13. The summed E-state index contributed by atoms with van der Waals surface area (Å²) in [5.74, 6) is 0.449. The summed E-state index contributed by atoms with van der Waals surface area (Å²) in [4.78, 5) is 0. The van der Waals surface area contributed by atoms with Crippen LogP contribution in [0, 0.1) is 5.82 Å².